The Bertz CT molecular complexity index is 1290. The van der Waals surface area contributed by atoms with Crippen molar-refractivity contribution in [1.29, 1.82) is 0 Å². The lowest BCUT2D eigenvalue weighted by molar-refractivity contribution is -0.145. The fourth-order valence-electron chi connectivity index (χ4n) is 6.63. The number of carboxylic acid groups (broad SMARTS) is 1. The number of carbonyl (C=O) groups is 2. The lowest BCUT2D eigenvalue weighted by atomic mass is 9.83. The maximum absolute atomic E-state index is 16.5. The zero-order chi connectivity index (χ0) is 30.2. The number of ether oxygens (including phenoxy) is 1. The number of benzene rings is 2. The highest BCUT2D eigenvalue weighted by molar-refractivity contribution is 5.87. The number of carbonyl (C=O) groups excluding carboxylic acids is 1. The number of amides is 1. The van der Waals surface area contributed by atoms with Gasteiger partial charge in [-0.1, -0.05) is 18.2 Å². The molecule has 0 aliphatic carbocycles. The van der Waals surface area contributed by atoms with E-state index in [-0.39, 0.29) is 32.1 Å². The molecule has 2 atom stereocenters. The van der Waals surface area contributed by atoms with E-state index in [1.165, 1.54) is 23.1 Å². The average molecular weight is 593 g/mol. The number of rotatable bonds is 6. The predicted molar refractivity (Wildman–Crippen MR) is 148 cm³/mol. The van der Waals surface area contributed by atoms with E-state index in [1.807, 2.05) is 4.90 Å². The van der Waals surface area contributed by atoms with Crippen LogP contribution in [0, 0.1) is 5.92 Å². The minimum atomic E-state index is -4.52. The van der Waals surface area contributed by atoms with E-state index in [0.29, 0.717) is 55.8 Å². The molecule has 12 heteroatoms. The molecule has 0 saturated carbocycles. The van der Waals surface area contributed by atoms with Gasteiger partial charge in [-0.25, -0.2) is 9.40 Å². The molecule has 3 N–H and O–H groups in total. The van der Waals surface area contributed by atoms with Crippen LogP contribution in [0.1, 0.15) is 54.2 Å². The zero-order valence-electron chi connectivity index (χ0n) is 23.4. The molecular weight excluding hydrogens is 556 g/mol. The summed E-state index contributed by atoms with van der Waals surface area (Å²) in [5.41, 5.74) is -1.13. The molecule has 0 spiro atoms. The van der Waals surface area contributed by atoms with Gasteiger partial charge in [0.15, 0.2) is 0 Å². The summed E-state index contributed by atoms with van der Waals surface area (Å²) in [5, 5.41) is 10.7. The van der Waals surface area contributed by atoms with Crippen LogP contribution in [0.3, 0.4) is 0 Å². The quantitative estimate of drug-likeness (QED) is 0.379. The Labute approximate surface area is 242 Å². The summed E-state index contributed by atoms with van der Waals surface area (Å²) < 4.78 is 62.6. The lowest BCUT2D eigenvalue weighted by Gasteiger charge is -2.39. The normalized spacial score (nSPS) is 24.7. The summed E-state index contributed by atoms with van der Waals surface area (Å²) in [5.74, 6) is 3.69. The second-order valence-corrected chi connectivity index (χ2v) is 11.6. The number of alkyl halides is 4. The number of methoxy groups -OCH3 is 1. The molecule has 0 aromatic heterocycles. The number of carboxylic acids is 1. The van der Waals surface area contributed by atoms with Gasteiger partial charge >= 0.3 is 12.1 Å². The molecule has 0 unspecified atom stereocenters. The summed E-state index contributed by atoms with van der Waals surface area (Å²) >= 11 is 0. The number of piperidine rings is 2. The van der Waals surface area contributed by atoms with Gasteiger partial charge in [-0.3, -0.25) is 15.4 Å². The third-order valence-corrected chi connectivity index (χ3v) is 9.04. The molecule has 8 nitrogen and oxygen atoms in total. The van der Waals surface area contributed by atoms with Crippen molar-refractivity contribution in [3.63, 3.8) is 0 Å². The molecule has 3 saturated heterocycles. The first-order valence-corrected chi connectivity index (χ1v) is 14.2. The first-order chi connectivity index (χ1) is 19.9. The van der Waals surface area contributed by atoms with Crippen molar-refractivity contribution >= 4 is 17.6 Å². The third-order valence-electron chi connectivity index (χ3n) is 9.04. The number of halogens is 4. The lowest BCUT2D eigenvalue weighted by Crippen LogP contribution is -2.52. The van der Waals surface area contributed by atoms with Gasteiger partial charge in [0.05, 0.1) is 25.1 Å². The zero-order valence-corrected chi connectivity index (χ0v) is 23.4. The van der Waals surface area contributed by atoms with Crippen LogP contribution in [0.25, 0.3) is 0 Å². The van der Waals surface area contributed by atoms with E-state index < -0.39 is 41.1 Å². The Hall–Kier alpha value is -3.38. The topological polar surface area (TPSA) is 99.3 Å². The molecular formula is C30H36F4N4O4. The highest BCUT2D eigenvalue weighted by Gasteiger charge is 2.55. The SMILES string of the molecule is COc1ccc([C@@H]2CN(N)C[C@@]2(F)C(=O)N2CCC(c3ccc(C(F)(F)F)cc3N3CCC(C(=O)O)CC3)CC2)cc1. The van der Waals surface area contributed by atoms with Crippen LogP contribution < -0.4 is 15.5 Å². The molecule has 3 aliphatic rings. The van der Waals surface area contributed by atoms with Crippen molar-refractivity contribution in [2.24, 2.45) is 11.8 Å². The standard InChI is InChI=1S/C30H36F4N4O4/c1-42-23-5-2-20(3-6-23)25-17-38(35)18-29(25,31)28(41)37-14-8-19(9-15-37)24-7-4-22(30(32,33)34)16-26(24)36-12-10-21(11-13-36)27(39)40/h2-7,16,19,21,25H,8-15,17-18,35H2,1H3,(H,39,40)/t25-,29-/m0/s1. The summed E-state index contributed by atoms with van der Waals surface area (Å²) in [6, 6.07) is 10.6. The minimum absolute atomic E-state index is 0.133. The molecule has 42 heavy (non-hydrogen) atoms. The molecule has 2 aromatic carbocycles. The van der Waals surface area contributed by atoms with Gasteiger partial charge in [0.1, 0.15) is 5.75 Å². The van der Waals surface area contributed by atoms with E-state index in [0.717, 1.165) is 17.7 Å². The first-order valence-electron chi connectivity index (χ1n) is 14.2. The van der Waals surface area contributed by atoms with E-state index in [1.54, 1.807) is 24.3 Å². The Kier molecular flexibility index (Phi) is 8.39. The average Bonchev–Trinajstić information content (AvgIpc) is 3.30. The molecule has 228 valence electrons. The molecule has 1 amide bonds. The van der Waals surface area contributed by atoms with Gasteiger partial charge in [0.2, 0.25) is 5.67 Å². The Balaban J connectivity index is 1.32. The summed E-state index contributed by atoms with van der Waals surface area (Å²) in [6.07, 6.45) is -2.89. The van der Waals surface area contributed by atoms with Gasteiger partial charge in [0.25, 0.3) is 5.91 Å². The number of nitrogens with two attached hydrogens (primary N) is 1. The number of aliphatic carboxylic acids is 1. The van der Waals surface area contributed by atoms with Crippen LogP contribution in [-0.4, -0.2) is 78.9 Å². The largest absolute Gasteiger partial charge is 0.497 e. The highest BCUT2D eigenvalue weighted by atomic mass is 19.4. The maximum atomic E-state index is 16.5. The number of hydrogen-bond acceptors (Lipinski definition) is 6. The van der Waals surface area contributed by atoms with Crippen molar-refractivity contribution in [1.82, 2.24) is 9.91 Å². The van der Waals surface area contributed by atoms with Gasteiger partial charge in [-0.15, -0.1) is 0 Å². The third kappa shape index (κ3) is 5.92. The van der Waals surface area contributed by atoms with Gasteiger partial charge in [-0.05, 0) is 67.0 Å². The van der Waals surface area contributed by atoms with Crippen molar-refractivity contribution in [3.05, 3.63) is 59.2 Å². The first kappa shape index (κ1) is 30.1. The molecule has 0 bridgehead atoms. The molecule has 2 aromatic rings. The van der Waals surface area contributed by atoms with E-state index in [2.05, 4.69) is 0 Å². The van der Waals surface area contributed by atoms with Gasteiger partial charge in [0, 0.05) is 44.3 Å². The molecule has 3 heterocycles. The van der Waals surface area contributed by atoms with Crippen molar-refractivity contribution in [3.8, 4) is 5.75 Å². The number of nitrogens with zero attached hydrogens (tertiary/aromatic N) is 3. The Morgan fingerprint density at radius 3 is 2.21 bits per heavy atom. The van der Waals surface area contributed by atoms with Gasteiger partial charge < -0.3 is 19.6 Å². The van der Waals surface area contributed by atoms with Crippen LogP contribution in [0.4, 0.5) is 23.2 Å². The fourth-order valence-corrected chi connectivity index (χ4v) is 6.63. The maximum Gasteiger partial charge on any atom is 0.416 e. The molecule has 3 fully saturated rings. The molecule has 0 radical (unpaired) electrons. The smallest absolute Gasteiger partial charge is 0.416 e. The van der Waals surface area contributed by atoms with Gasteiger partial charge in [-0.2, -0.15) is 13.2 Å². The van der Waals surface area contributed by atoms with Crippen molar-refractivity contribution in [2.45, 2.75) is 49.4 Å². The number of likely N-dealkylation sites (tertiary alicyclic amines) is 1. The van der Waals surface area contributed by atoms with E-state index in [4.69, 9.17) is 10.6 Å². The van der Waals surface area contributed by atoms with Crippen LogP contribution in [-0.2, 0) is 15.8 Å². The second kappa shape index (κ2) is 11.7. The monoisotopic (exact) mass is 592 g/mol. The van der Waals surface area contributed by atoms with E-state index >= 15 is 4.39 Å². The van der Waals surface area contributed by atoms with Crippen LogP contribution in [0.2, 0.25) is 0 Å². The number of hydrazine groups is 1. The second-order valence-electron chi connectivity index (χ2n) is 11.6. The highest BCUT2D eigenvalue weighted by Crippen LogP contribution is 2.43. The van der Waals surface area contributed by atoms with Crippen LogP contribution in [0.15, 0.2) is 42.5 Å². The van der Waals surface area contributed by atoms with E-state index in [9.17, 15) is 27.9 Å². The molecule has 5 rings (SSSR count). The number of anilines is 1. The van der Waals surface area contributed by atoms with Crippen LogP contribution in [0.5, 0.6) is 5.75 Å². The summed E-state index contributed by atoms with van der Waals surface area (Å²) in [7, 11) is 1.54. The van der Waals surface area contributed by atoms with Crippen molar-refractivity contribution in [2.75, 3.05) is 51.3 Å². The Morgan fingerprint density at radius 1 is 1.00 bits per heavy atom. The fraction of sp³-hybridized carbons (Fsp3) is 0.533. The van der Waals surface area contributed by atoms with Crippen LogP contribution >= 0.6 is 0 Å². The predicted octanol–water partition coefficient (Wildman–Crippen LogP) is 4.40. The summed E-state index contributed by atoms with van der Waals surface area (Å²) in [4.78, 5) is 28.4. The minimum Gasteiger partial charge on any atom is -0.497 e. The van der Waals surface area contributed by atoms with Crippen molar-refractivity contribution < 1.29 is 37.0 Å². The summed E-state index contributed by atoms with van der Waals surface area (Å²) in [6.45, 7) is 1.15. The Morgan fingerprint density at radius 2 is 1.64 bits per heavy atom. The molecule has 3 aliphatic heterocycles. The number of hydrogen-bond donors (Lipinski definition) is 2.